The lowest BCUT2D eigenvalue weighted by atomic mass is 10.1. The standard InChI is InChI=1S/C23H25N7/c1-16-13-21(28-27-16)24-20-15-22(30-11-9-29(2)10-12-30)26-23(25-20)19-8-7-17-5-3-4-6-18(17)14-19/h3-8,13-15H,9-12H2,1-2H3,(H2,24,25,26,27,28). The molecule has 2 aromatic heterocycles. The Hall–Kier alpha value is -3.45. The molecule has 3 heterocycles. The zero-order chi connectivity index (χ0) is 20.5. The molecule has 0 aliphatic carbocycles. The predicted octanol–water partition coefficient (Wildman–Crippen LogP) is 3.82. The van der Waals surface area contributed by atoms with E-state index in [-0.39, 0.29) is 0 Å². The molecule has 1 saturated heterocycles. The number of aromatic nitrogens is 4. The first-order valence-electron chi connectivity index (χ1n) is 10.2. The lowest BCUT2D eigenvalue weighted by molar-refractivity contribution is 0.312. The fourth-order valence-corrected chi connectivity index (χ4v) is 3.77. The molecular formula is C23H25N7. The first-order chi connectivity index (χ1) is 14.6. The van der Waals surface area contributed by atoms with E-state index in [1.54, 1.807) is 0 Å². The predicted molar refractivity (Wildman–Crippen MR) is 121 cm³/mol. The number of benzene rings is 2. The Morgan fingerprint density at radius 2 is 1.67 bits per heavy atom. The zero-order valence-electron chi connectivity index (χ0n) is 17.3. The van der Waals surface area contributed by atoms with Gasteiger partial charge in [-0.05, 0) is 30.8 Å². The summed E-state index contributed by atoms with van der Waals surface area (Å²) >= 11 is 0. The Bertz CT molecular complexity index is 1180. The Labute approximate surface area is 175 Å². The molecule has 30 heavy (non-hydrogen) atoms. The van der Waals surface area contributed by atoms with Crippen LogP contribution in [0, 0.1) is 6.92 Å². The quantitative estimate of drug-likeness (QED) is 0.543. The van der Waals surface area contributed by atoms with Crippen LogP contribution >= 0.6 is 0 Å². The molecule has 0 saturated carbocycles. The lowest BCUT2D eigenvalue weighted by Crippen LogP contribution is -2.44. The van der Waals surface area contributed by atoms with Gasteiger partial charge in [0.25, 0.3) is 0 Å². The summed E-state index contributed by atoms with van der Waals surface area (Å²) in [7, 11) is 2.16. The van der Waals surface area contributed by atoms with Crippen molar-refractivity contribution >= 4 is 28.2 Å². The van der Waals surface area contributed by atoms with E-state index in [1.807, 2.05) is 19.1 Å². The van der Waals surface area contributed by atoms with Crippen molar-refractivity contribution in [3.8, 4) is 11.4 Å². The minimum absolute atomic E-state index is 0.715. The van der Waals surface area contributed by atoms with Crippen LogP contribution in [0.4, 0.5) is 17.5 Å². The number of fused-ring (bicyclic) bond motifs is 1. The monoisotopic (exact) mass is 399 g/mol. The maximum absolute atomic E-state index is 4.93. The van der Waals surface area contributed by atoms with E-state index in [9.17, 15) is 0 Å². The van der Waals surface area contributed by atoms with E-state index in [0.29, 0.717) is 5.82 Å². The maximum atomic E-state index is 4.93. The van der Waals surface area contributed by atoms with Crippen molar-refractivity contribution in [1.82, 2.24) is 25.1 Å². The van der Waals surface area contributed by atoms with Crippen LogP contribution in [0.2, 0.25) is 0 Å². The molecule has 0 amide bonds. The van der Waals surface area contributed by atoms with Gasteiger partial charge in [-0.25, -0.2) is 9.97 Å². The number of piperazine rings is 1. The number of hydrogen-bond donors (Lipinski definition) is 2. The topological polar surface area (TPSA) is 73.0 Å². The second-order valence-corrected chi connectivity index (χ2v) is 7.85. The van der Waals surface area contributed by atoms with Crippen LogP contribution in [0.3, 0.4) is 0 Å². The third-order valence-corrected chi connectivity index (χ3v) is 5.51. The summed E-state index contributed by atoms with van der Waals surface area (Å²) in [5.74, 6) is 3.15. The van der Waals surface area contributed by atoms with Gasteiger partial charge in [0.15, 0.2) is 11.6 Å². The number of anilines is 3. The third kappa shape index (κ3) is 3.84. The average Bonchev–Trinajstić information content (AvgIpc) is 3.18. The van der Waals surface area contributed by atoms with Gasteiger partial charge in [0, 0.05) is 49.6 Å². The normalized spacial score (nSPS) is 14.9. The number of nitrogens with zero attached hydrogens (tertiary/aromatic N) is 5. The zero-order valence-corrected chi connectivity index (χ0v) is 17.3. The molecule has 0 radical (unpaired) electrons. The number of H-pyrrole nitrogens is 1. The van der Waals surface area contributed by atoms with Gasteiger partial charge >= 0.3 is 0 Å². The number of rotatable bonds is 4. The fraction of sp³-hybridized carbons (Fsp3) is 0.261. The molecule has 1 aliphatic heterocycles. The van der Waals surface area contributed by atoms with E-state index in [0.717, 1.165) is 54.9 Å². The highest BCUT2D eigenvalue weighted by atomic mass is 15.3. The van der Waals surface area contributed by atoms with Gasteiger partial charge in [0.05, 0.1) is 0 Å². The fourth-order valence-electron chi connectivity index (χ4n) is 3.77. The Morgan fingerprint density at radius 1 is 0.867 bits per heavy atom. The Kier molecular flexibility index (Phi) is 4.80. The molecular weight excluding hydrogens is 374 g/mol. The molecule has 152 valence electrons. The number of hydrogen-bond acceptors (Lipinski definition) is 6. The molecule has 4 aromatic rings. The molecule has 2 N–H and O–H groups in total. The van der Waals surface area contributed by atoms with E-state index >= 15 is 0 Å². The highest BCUT2D eigenvalue weighted by Crippen LogP contribution is 2.27. The van der Waals surface area contributed by atoms with Crippen LogP contribution in [0.5, 0.6) is 0 Å². The molecule has 7 heteroatoms. The summed E-state index contributed by atoms with van der Waals surface area (Å²) in [5.41, 5.74) is 2.01. The Morgan fingerprint density at radius 3 is 2.43 bits per heavy atom. The van der Waals surface area contributed by atoms with E-state index in [1.165, 1.54) is 10.8 Å². The largest absolute Gasteiger partial charge is 0.354 e. The molecule has 0 unspecified atom stereocenters. The van der Waals surface area contributed by atoms with Gasteiger partial charge in [-0.3, -0.25) is 5.10 Å². The summed E-state index contributed by atoms with van der Waals surface area (Å²) in [4.78, 5) is 14.4. The highest BCUT2D eigenvalue weighted by Gasteiger charge is 2.18. The van der Waals surface area contributed by atoms with E-state index in [4.69, 9.17) is 9.97 Å². The molecule has 1 aliphatic rings. The Balaban J connectivity index is 1.55. The molecule has 1 fully saturated rings. The van der Waals surface area contributed by atoms with Crippen molar-refractivity contribution in [2.24, 2.45) is 0 Å². The SMILES string of the molecule is Cc1cc(Nc2cc(N3CCN(C)CC3)nc(-c3ccc4ccccc4c3)n2)n[nH]1. The van der Waals surface area contributed by atoms with Crippen molar-refractivity contribution in [3.05, 3.63) is 60.3 Å². The minimum Gasteiger partial charge on any atom is -0.354 e. The van der Waals surface area contributed by atoms with Gasteiger partial charge < -0.3 is 15.1 Å². The first kappa shape index (κ1) is 18.6. The number of aryl methyl sites for hydroxylation is 1. The smallest absolute Gasteiger partial charge is 0.163 e. The number of aromatic amines is 1. The van der Waals surface area contributed by atoms with Gasteiger partial charge in [0.2, 0.25) is 0 Å². The summed E-state index contributed by atoms with van der Waals surface area (Å²) in [6, 6.07) is 18.7. The molecule has 0 spiro atoms. The van der Waals surface area contributed by atoms with Crippen LogP contribution in [-0.4, -0.2) is 58.3 Å². The summed E-state index contributed by atoms with van der Waals surface area (Å²) < 4.78 is 0. The summed E-state index contributed by atoms with van der Waals surface area (Å²) in [6.45, 7) is 5.93. The second-order valence-electron chi connectivity index (χ2n) is 7.85. The molecule has 0 atom stereocenters. The van der Waals surface area contributed by atoms with Crippen LogP contribution < -0.4 is 10.2 Å². The highest BCUT2D eigenvalue weighted by molar-refractivity contribution is 5.86. The second kappa shape index (κ2) is 7.76. The van der Waals surface area contributed by atoms with Gasteiger partial charge in [-0.1, -0.05) is 36.4 Å². The number of likely N-dealkylation sites (N-methyl/N-ethyl adjacent to an activating group) is 1. The van der Waals surface area contributed by atoms with Crippen molar-refractivity contribution in [2.45, 2.75) is 6.92 Å². The van der Waals surface area contributed by atoms with Gasteiger partial charge in [-0.15, -0.1) is 0 Å². The molecule has 5 rings (SSSR count). The van der Waals surface area contributed by atoms with E-state index in [2.05, 4.69) is 74.8 Å². The van der Waals surface area contributed by atoms with Crippen LogP contribution in [0.25, 0.3) is 22.2 Å². The molecule has 2 aromatic carbocycles. The van der Waals surface area contributed by atoms with Crippen LogP contribution in [0.15, 0.2) is 54.6 Å². The summed E-state index contributed by atoms with van der Waals surface area (Å²) in [6.07, 6.45) is 0. The van der Waals surface area contributed by atoms with Gasteiger partial charge in [0.1, 0.15) is 11.6 Å². The minimum atomic E-state index is 0.715. The van der Waals surface area contributed by atoms with E-state index < -0.39 is 0 Å². The van der Waals surface area contributed by atoms with Crippen molar-refractivity contribution < 1.29 is 0 Å². The lowest BCUT2D eigenvalue weighted by Gasteiger charge is -2.33. The van der Waals surface area contributed by atoms with Crippen molar-refractivity contribution in [1.29, 1.82) is 0 Å². The van der Waals surface area contributed by atoms with Crippen molar-refractivity contribution in [2.75, 3.05) is 43.4 Å². The molecule has 0 bridgehead atoms. The van der Waals surface area contributed by atoms with Crippen LogP contribution in [0.1, 0.15) is 5.69 Å². The summed E-state index contributed by atoms with van der Waals surface area (Å²) in [5, 5.41) is 13.0. The maximum Gasteiger partial charge on any atom is 0.163 e. The first-order valence-corrected chi connectivity index (χ1v) is 10.2. The third-order valence-electron chi connectivity index (χ3n) is 5.51. The number of nitrogens with one attached hydrogen (secondary N) is 2. The van der Waals surface area contributed by atoms with Crippen molar-refractivity contribution in [3.63, 3.8) is 0 Å². The van der Waals surface area contributed by atoms with Gasteiger partial charge in [-0.2, -0.15) is 5.10 Å². The average molecular weight is 400 g/mol. The molecule has 7 nitrogen and oxygen atoms in total. The van der Waals surface area contributed by atoms with Crippen LogP contribution in [-0.2, 0) is 0 Å².